The lowest BCUT2D eigenvalue weighted by Crippen LogP contribution is -2.22. The van der Waals surface area contributed by atoms with Gasteiger partial charge in [-0.25, -0.2) is 0 Å². The number of nitrogens with two attached hydrogens (primary N) is 2. The monoisotopic (exact) mass is 180 g/mol. The van der Waals surface area contributed by atoms with E-state index in [4.69, 9.17) is 16.2 Å². The number of benzene rings is 1. The van der Waals surface area contributed by atoms with Crippen molar-refractivity contribution >= 4 is 0 Å². The Bertz CT molecular complexity index is 286. The maximum Gasteiger partial charge on any atom is 0.123 e. The normalized spacial score (nSPS) is 12.6. The molecule has 0 aliphatic heterocycles. The molecule has 13 heavy (non-hydrogen) atoms. The second-order valence-corrected chi connectivity index (χ2v) is 3.03. The van der Waals surface area contributed by atoms with Gasteiger partial charge < -0.3 is 16.2 Å². The molecule has 0 aromatic heterocycles. The first kappa shape index (κ1) is 10.0. The van der Waals surface area contributed by atoms with Crippen LogP contribution < -0.4 is 16.2 Å². The van der Waals surface area contributed by atoms with Crippen LogP contribution in [0.2, 0.25) is 0 Å². The van der Waals surface area contributed by atoms with Crippen molar-refractivity contribution in [2.75, 3.05) is 13.7 Å². The van der Waals surface area contributed by atoms with Crippen molar-refractivity contribution in [1.29, 1.82) is 0 Å². The minimum Gasteiger partial charge on any atom is -0.496 e. The van der Waals surface area contributed by atoms with Crippen molar-refractivity contribution < 1.29 is 4.74 Å². The van der Waals surface area contributed by atoms with Crippen molar-refractivity contribution in [2.45, 2.75) is 13.0 Å². The van der Waals surface area contributed by atoms with Gasteiger partial charge in [-0.1, -0.05) is 12.1 Å². The number of ether oxygens (including phenoxy) is 1. The Balaban J connectivity index is 3.14. The third-order valence-electron chi connectivity index (χ3n) is 2.13. The first-order valence-corrected chi connectivity index (χ1v) is 4.29. The van der Waals surface area contributed by atoms with E-state index in [0.29, 0.717) is 6.54 Å². The van der Waals surface area contributed by atoms with Crippen molar-refractivity contribution in [1.82, 2.24) is 0 Å². The molecule has 0 amide bonds. The number of aryl methyl sites for hydroxylation is 1. The van der Waals surface area contributed by atoms with Crippen LogP contribution in [0.15, 0.2) is 18.2 Å². The molecule has 0 aliphatic rings. The van der Waals surface area contributed by atoms with Gasteiger partial charge >= 0.3 is 0 Å². The number of methoxy groups -OCH3 is 1. The van der Waals surface area contributed by atoms with E-state index in [-0.39, 0.29) is 6.04 Å². The third-order valence-corrected chi connectivity index (χ3v) is 2.13. The highest BCUT2D eigenvalue weighted by atomic mass is 16.5. The van der Waals surface area contributed by atoms with Gasteiger partial charge in [0, 0.05) is 18.2 Å². The van der Waals surface area contributed by atoms with Gasteiger partial charge in [-0.2, -0.15) is 0 Å². The maximum absolute atomic E-state index is 5.87. The summed E-state index contributed by atoms with van der Waals surface area (Å²) >= 11 is 0. The van der Waals surface area contributed by atoms with Crippen LogP contribution in [0.4, 0.5) is 0 Å². The molecule has 1 rings (SSSR count). The molecule has 1 atom stereocenters. The fraction of sp³-hybridized carbons (Fsp3) is 0.400. The average molecular weight is 180 g/mol. The molecule has 1 aromatic carbocycles. The minimum absolute atomic E-state index is 0.142. The van der Waals surface area contributed by atoms with Gasteiger partial charge in [0.1, 0.15) is 5.75 Å². The number of hydrogen-bond donors (Lipinski definition) is 2. The van der Waals surface area contributed by atoms with Crippen LogP contribution in [0.3, 0.4) is 0 Å². The smallest absolute Gasteiger partial charge is 0.123 e. The van der Waals surface area contributed by atoms with Crippen molar-refractivity contribution in [2.24, 2.45) is 11.5 Å². The first-order valence-electron chi connectivity index (χ1n) is 4.29. The summed E-state index contributed by atoms with van der Waals surface area (Å²) in [5.74, 6) is 0.818. The van der Waals surface area contributed by atoms with E-state index in [2.05, 4.69) is 0 Å². The zero-order chi connectivity index (χ0) is 9.84. The summed E-state index contributed by atoms with van der Waals surface area (Å²) in [7, 11) is 1.64. The van der Waals surface area contributed by atoms with Crippen molar-refractivity contribution in [3.63, 3.8) is 0 Å². The highest BCUT2D eigenvalue weighted by Gasteiger charge is 2.12. The van der Waals surface area contributed by atoms with Crippen LogP contribution in [-0.4, -0.2) is 13.7 Å². The lowest BCUT2D eigenvalue weighted by molar-refractivity contribution is 0.405. The van der Waals surface area contributed by atoms with Crippen LogP contribution in [0, 0.1) is 6.92 Å². The standard InChI is InChI=1S/C10H16N2O/c1-7-4-3-5-9(13-2)10(7)8(12)6-11/h3-5,8H,6,11-12H2,1-2H3/t8-/m1/s1. The van der Waals surface area contributed by atoms with Crippen molar-refractivity contribution in [3.8, 4) is 5.75 Å². The fourth-order valence-corrected chi connectivity index (χ4v) is 1.42. The highest BCUT2D eigenvalue weighted by molar-refractivity contribution is 5.41. The third kappa shape index (κ3) is 1.99. The lowest BCUT2D eigenvalue weighted by Gasteiger charge is -2.16. The van der Waals surface area contributed by atoms with E-state index in [1.165, 1.54) is 0 Å². The van der Waals surface area contributed by atoms with Gasteiger partial charge in [0.05, 0.1) is 7.11 Å². The highest BCUT2D eigenvalue weighted by Crippen LogP contribution is 2.26. The zero-order valence-corrected chi connectivity index (χ0v) is 8.08. The van der Waals surface area contributed by atoms with Crippen LogP contribution >= 0.6 is 0 Å². The minimum atomic E-state index is -0.142. The molecule has 0 saturated carbocycles. The van der Waals surface area contributed by atoms with Crippen LogP contribution in [0.5, 0.6) is 5.75 Å². The van der Waals surface area contributed by atoms with Crippen LogP contribution in [0.25, 0.3) is 0 Å². The van der Waals surface area contributed by atoms with Gasteiger partial charge in [0.2, 0.25) is 0 Å². The molecule has 0 spiro atoms. The van der Waals surface area contributed by atoms with Gasteiger partial charge in [0.15, 0.2) is 0 Å². The Kier molecular flexibility index (Phi) is 3.28. The van der Waals surface area contributed by atoms with Gasteiger partial charge in [-0.05, 0) is 18.6 Å². The first-order chi connectivity index (χ1) is 6.20. The molecule has 3 nitrogen and oxygen atoms in total. The molecular formula is C10H16N2O. The molecule has 0 fully saturated rings. The molecule has 0 bridgehead atoms. The lowest BCUT2D eigenvalue weighted by atomic mass is 10.0. The number of hydrogen-bond acceptors (Lipinski definition) is 3. The van der Waals surface area contributed by atoms with E-state index >= 15 is 0 Å². The van der Waals surface area contributed by atoms with E-state index < -0.39 is 0 Å². The van der Waals surface area contributed by atoms with Crippen LogP contribution in [0.1, 0.15) is 17.2 Å². The maximum atomic E-state index is 5.87. The summed E-state index contributed by atoms with van der Waals surface area (Å²) in [6.45, 7) is 2.44. The predicted molar refractivity (Wildman–Crippen MR) is 53.7 cm³/mol. The van der Waals surface area contributed by atoms with E-state index in [1.807, 2.05) is 25.1 Å². The summed E-state index contributed by atoms with van der Waals surface area (Å²) in [6.07, 6.45) is 0. The molecule has 0 saturated heterocycles. The zero-order valence-electron chi connectivity index (χ0n) is 8.08. The summed E-state index contributed by atoms with van der Waals surface area (Å²) < 4.78 is 5.21. The summed E-state index contributed by atoms with van der Waals surface area (Å²) in [4.78, 5) is 0. The SMILES string of the molecule is COc1cccc(C)c1[C@H](N)CN. The molecule has 0 radical (unpaired) electrons. The summed E-state index contributed by atoms with van der Waals surface area (Å²) in [5, 5.41) is 0. The molecule has 0 heterocycles. The van der Waals surface area contributed by atoms with E-state index in [1.54, 1.807) is 7.11 Å². The fourth-order valence-electron chi connectivity index (χ4n) is 1.42. The van der Waals surface area contributed by atoms with Gasteiger partial charge in [-0.15, -0.1) is 0 Å². The Morgan fingerprint density at radius 1 is 1.46 bits per heavy atom. The Labute approximate surface area is 78.7 Å². The molecule has 1 aromatic rings. The quantitative estimate of drug-likeness (QED) is 0.728. The molecule has 4 N–H and O–H groups in total. The average Bonchev–Trinajstić information content (AvgIpc) is 2.16. The molecule has 3 heteroatoms. The molecule has 72 valence electrons. The largest absolute Gasteiger partial charge is 0.496 e. The summed E-state index contributed by atoms with van der Waals surface area (Å²) in [5.41, 5.74) is 13.5. The predicted octanol–water partition coefficient (Wildman–Crippen LogP) is 0.962. The van der Waals surface area contributed by atoms with Gasteiger partial charge in [0.25, 0.3) is 0 Å². The van der Waals surface area contributed by atoms with E-state index in [9.17, 15) is 0 Å². The van der Waals surface area contributed by atoms with Crippen LogP contribution in [-0.2, 0) is 0 Å². The summed E-state index contributed by atoms with van der Waals surface area (Å²) in [6, 6.07) is 5.71. The molecule has 0 unspecified atom stereocenters. The van der Waals surface area contributed by atoms with Crippen molar-refractivity contribution in [3.05, 3.63) is 29.3 Å². The number of rotatable bonds is 3. The Hall–Kier alpha value is -1.06. The van der Waals surface area contributed by atoms with E-state index in [0.717, 1.165) is 16.9 Å². The topological polar surface area (TPSA) is 61.3 Å². The Morgan fingerprint density at radius 2 is 2.15 bits per heavy atom. The van der Waals surface area contributed by atoms with Gasteiger partial charge in [-0.3, -0.25) is 0 Å². The Morgan fingerprint density at radius 3 is 2.69 bits per heavy atom. The molecular weight excluding hydrogens is 164 g/mol. The molecule has 0 aliphatic carbocycles. The second kappa shape index (κ2) is 4.25. The second-order valence-electron chi connectivity index (χ2n) is 3.03.